The number of amides is 2. The van der Waals surface area contributed by atoms with E-state index in [1.807, 2.05) is 41.3 Å². The lowest BCUT2D eigenvalue weighted by molar-refractivity contribution is 0.0904. The highest BCUT2D eigenvalue weighted by atomic mass is 16.5. The van der Waals surface area contributed by atoms with Gasteiger partial charge < -0.3 is 19.2 Å². The Balaban J connectivity index is 1.50. The van der Waals surface area contributed by atoms with E-state index in [-0.39, 0.29) is 12.1 Å². The van der Waals surface area contributed by atoms with Gasteiger partial charge in [0, 0.05) is 11.4 Å². The lowest BCUT2D eigenvalue weighted by Crippen LogP contribution is -2.50. The van der Waals surface area contributed by atoms with Crippen LogP contribution in [-0.4, -0.2) is 22.1 Å². The van der Waals surface area contributed by atoms with Crippen molar-refractivity contribution < 1.29 is 13.7 Å². The largest absolute Gasteiger partial charge is 0.467 e. The highest BCUT2D eigenvalue weighted by Gasteiger charge is 2.34. The first-order valence-corrected chi connectivity index (χ1v) is 10.0. The van der Waals surface area contributed by atoms with Gasteiger partial charge in [0.1, 0.15) is 11.5 Å². The van der Waals surface area contributed by atoms with Gasteiger partial charge in [0.15, 0.2) is 5.58 Å². The van der Waals surface area contributed by atoms with Gasteiger partial charge in [-0.25, -0.2) is 4.79 Å². The number of para-hydroxylation sites is 1. The summed E-state index contributed by atoms with van der Waals surface area (Å²) in [6.07, 6.45) is 5.04. The zero-order chi connectivity index (χ0) is 19.5. The second-order valence-electron chi connectivity index (χ2n) is 7.83. The Hall–Kier alpha value is -2.76. The number of hydrogen-bond donors (Lipinski definition) is 1. The first-order valence-electron chi connectivity index (χ1n) is 10.0. The number of hydrogen-bond acceptors (Lipinski definition) is 4. The first kappa shape index (κ1) is 18.6. The smallest absolute Gasteiger partial charge is 0.318 e. The van der Waals surface area contributed by atoms with Gasteiger partial charge >= 0.3 is 6.03 Å². The third kappa shape index (κ3) is 3.77. The second kappa shape index (κ2) is 8.09. The Bertz CT molecular complexity index is 918. The van der Waals surface area contributed by atoms with Gasteiger partial charge in [-0.15, -0.1) is 0 Å². The third-order valence-electron chi connectivity index (χ3n) is 6.09. The van der Waals surface area contributed by atoms with Crippen molar-refractivity contribution in [2.75, 3.05) is 0 Å². The van der Waals surface area contributed by atoms with Crippen LogP contribution in [0.4, 0.5) is 4.79 Å². The number of furan rings is 1. The van der Waals surface area contributed by atoms with Crippen LogP contribution >= 0.6 is 0 Å². The molecule has 1 fully saturated rings. The van der Waals surface area contributed by atoms with E-state index in [0.717, 1.165) is 35.3 Å². The van der Waals surface area contributed by atoms with Gasteiger partial charge in [0.2, 0.25) is 0 Å². The van der Waals surface area contributed by atoms with Crippen molar-refractivity contribution in [1.29, 1.82) is 0 Å². The second-order valence-corrected chi connectivity index (χ2v) is 7.83. The van der Waals surface area contributed by atoms with Crippen LogP contribution in [0.1, 0.15) is 44.6 Å². The van der Waals surface area contributed by atoms with Crippen molar-refractivity contribution >= 4 is 17.0 Å². The van der Waals surface area contributed by atoms with Crippen LogP contribution in [0.2, 0.25) is 0 Å². The van der Waals surface area contributed by atoms with Crippen LogP contribution in [0.5, 0.6) is 0 Å². The van der Waals surface area contributed by atoms with Crippen molar-refractivity contribution in [3.05, 3.63) is 54.1 Å². The molecule has 3 unspecified atom stereocenters. The Morgan fingerprint density at radius 3 is 2.89 bits per heavy atom. The summed E-state index contributed by atoms with van der Waals surface area (Å²) in [6, 6.07) is 11.6. The molecule has 1 aromatic carbocycles. The predicted octanol–water partition coefficient (Wildman–Crippen LogP) is 4.96. The van der Waals surface area contributed by atoms with Crippen molar-refractivity contribution in [2.45, 2.75) is 52.2 Å². The fourth-order valence-electron chi connectivity index (χ4n) is 4.23. The Labute approximate surface area is 164 Å². The molecule has 0 aliphatic heterocycles. The molecule has 0 saturated heterocycles. The molecule has 4 rings (SSSR count). The average Bonchev–Trinajstić information content (AvgIpc) is 3.36. The molecule has 6 heteroatoms. The van der Waals surface area contributed by atoms with E-state index < -0.39 is 0 Å². The average molecular weight is 381 g/mol. The molecule has 6 nitrogen and oxygen atoms in total. The van der Waals surface area contributed by atoms with Gasteiger partial charge in [-0.05, 0) is 42.5 Å². The standard InChI is InChI=1S/C22H27N3O3/c1-15-7-5-10-20(16(15)2)25(14-17-8-6-12-27-17)22(26)23-13-19-18-9-3-4-11-21(18)28-24-19/h3-4,6,8-9,11-12,15-16,20H,5,7,10,13-14H2,1-2H3,(H,23,26). The summed E-state index contributed by atoms with van der Waals surface area (Å²) in [4.78, 5) is 15.1. The number of aromatic nitrogens is 1. The zero-order valence-electron chi connectivity index (χ0n) is 16.4. The van der Waals surface area contributed by atoms with Gasteiger partial charge in [-0.2, -0.15) is 0 Å². The van der Waals surface area contributed by atoms with Crippen LogP contribution in [0, 0.1) is 11.8 Å². The minimum atomic E-state index is -0.0885. The fourth-order valence-corrected chi connectivity index (χ4v) is 4.23. The summed E-state index contributed by atoms with van der Waals surface area (Å²) in [7, 11) is 0. The maximum absolute atomic E-state index is 13.2. The van der Waals surface area contributed by atoms with Crippen LogP contribution in [0.25, 0.3) is 11.0 Å². The molecule has 2 aromatic heterocycles. The number of rotatable bonds is 5. The molecule has 148 valence electrons. The topological polar surface area (TPSA) is 71.5 Å². The third-order valence-corrected chi connectivity index (χ3v) is 6.09. The molecule has 3 atom stereocenters. The molecule has 2 heterocycles. The minimum absolute atomic E-state index is 0.0885. The van der Waals surface area contributed by atoms with E-state index in [9.17, 15) is 4.79 Å². The van der Waals surface area contributed by atoms with Gasteiger partial charge in [0.25, 0.3) is 0 Å². The number of fused-ring (bicyclic) bond motifs is 1. The van der Waals surface area contributed by atoms with Crippen LogP contribution in [0.15, 0.2) is 51.6 Å². The monoisotopic (exact) mass is 381 g/mol. The number of carbonyl (C=O) groups is 1. The van der Waals surface area contributed by atoms with Crippen molar-refractivity contribution in [3.63, 3.8) is 0 Å². The van der Waals surface area contributed by atoms with E-state index in [4.69, 9.17) is 8.94 Å². The lowest BCUT2D eigenvalue weighted by Gasteiger charge is -2.41. The molecule has 1 aliphatic carbocycles. The Morgan fingerprint density at radius 1 is 1.21 bits per heavy atom. The van der Waals surface area contributed by atoms with Crippen molar-refractivity contribution in [1.82, 2.24) is 15.4 Å². The van der Waals surface area contributed by atoms with E-state index in [2.05, 4.69) is 24.3 Å². The van der Waals surface area contributed by atoms with Gasteiger partial charge in [0.05, 0.1) is 19.4 Å². The molecular formula is C22H27N3O3. The summed E-state index contributed by atoms with van der Waals surface area (Å²) in [6.45, 7) is 5.34. The highest BCUT2D eigenvalue weighted by molar-refractivity contribution is 5.80. The van der Waals surface area contributed by atoms with Crippen LogP contribution < -0.4 is 5.32 Å². The Kier molecular flexibility index (Phi) is 5.37. The van der Waals surface area contributed by atoms with Gasteiger partial charge in [-0.3, -0.25) is 0 Å². The predicted molar refractivity (Wildman–Crippen MR) is 106 cm³/mol. The summed E-state index contributed by atoms with van der Waals surface area (Å²) in [5, 5.41) is 8.09. The summed E-state index contributed by atoms with van der Waals surface area (Å²) >= 11 is 0. The quantitative estimate of drug-likeness (QED) is 0.678. The molecule has 28 heavy (non-hydrogen) atoms. The van der Waals surface area contributed by atoms with Crippen LogP contribution in [-0.2, 0) is 13.1 Å². The molecule has 0 spiro atoms. The van der Waals surface area contributed by atoms with Crippen molar-refractivity contribution in [2.24, 2.45) is 11.8 Å². The number of urea groups is 1. The summed E-state index contributed by atoms with van der Waals surface area (Å²) in [5.74, 6) is 1.85. The zero-order valence-corrected chi connectivity index (χ0v) is 16.4. The summed E-state index contributed by atoms with van der Waals surface area (Å²) < 4.78 is 10.9. The van der Waals surface area contributed by atoms with Crippen LogP contribution in [0.3, 0.4) is 0 Å². The molecule has 3 aromatic rings. The summed E-state index contributed by atoms with van der Waals surface area (Å²) in [5.41, 5.74) is 1.47. The molecule has 1 saturated carbocycles. The Morgan fingerprint density at radius 2 is 2.07 bits per heavy atom. The number of benzene rings is 1. The van der Waals surface area contributed by atoms with E-state index in [0.29, 0.717) is 24.9 Å². The number of carbonyl (C=O) groups excluding carboxylic acids is 1. The molecule has 2 amide bonds. The molecule has 1 aliphatic rings. The van der Waals surface area contributed by atoms with E-state index in [1.165, 1.54) is 6.42 Å². The minimum Gasteiger partial charge on any atom is -0.467 e. The highest BCUT2D eigenvalue weighted by Crippen LogP contribution is 2.33. The van der Waals surface area contributed by atoms with E-state index >= 15 is 0 Å². The SMILES string of the molecule is CC1CCCC(N(Cc2ccco2)C(=O)NCc2noc3ccccc23)C1C. The molecule has 0 bridgehead atoms. The lowest BCUT2D eigenvalue weighted by atomic mass is 9.77. The van der Waals surface area contributed by atoms with E-state index in [1.54, 1.807) is 6.26 Å². The van der Waals surface area contributed by atoms with Gasteiger partial charge in [-0.1, -0.05) is 44.0 Å². The normalized spacial score (nSPS) is 22.3. The molecule has 1 N–H and O–H groups in total. The number of nitrogens with zero attached hydrogens (tertiary/aromatic N) is 2. The van der Waals surface area contributed by atoms with Crippen molar-refractivity contribution in [3.8, 4) is 0 Å². The maximum atomic E-state index is 13.2. The maximum Gasteiger partial charge on any atom is 0.318 e. The fraction of sp³-hybridized carbons (Fsp3) is 0.455. The number of nitrogens with one attached hydrogen (secondary N) is 1. The first-order chi connectivity index (χ1) is 13.6. The molecular weight excluding hydrogens is 354 g/mol. The molecule has 0 radical (unpaired) electrons.